The Morgan fingerprint density at radius 3 is 1.91 bits per heavy atom. The van der Waals surface area contributed by atoms with Crippen molar-refractivity contribution < 1.29 is 0 Å². The van der Waals surface area contributed by atoms with Gasteiger partial charge in [0, 0.05) is 5.56 Å². The van der Waals surface area contributed by atoms with E-state index in [-0.39, 0.29) is 5.28 Å². The minimum absolute atomic E-state index is 0.257. The van der Waals surface area contributed by atoms with E-state index in [4.69, 9.17) is 11.6 Å². The van der Waals surface area contributed by atoms with Crippen molar-refractivity contribution in [2.75, 3.05) is 0 Å². The molecule has 1 aliphatic carbocycles. The van der Waals surface area contributed by atoms with Gasteiger partial charge in [0.05, 0.1) is 11.4 Å². The van der Waals surface area contributed by atoms with Crippen LogP contribution >= 0.6 is 11.6 Å². The van der Waals surface area contributed by atoms with E-state index < -0.39 is 0 Å². The Morgan fingerprint density at radius 1 is 0.594 bits per heavy atom. The first-order valence-electron chi connectivity index (χ1n) is 10.7. The van der Waals surface area contributed by atoms with E-state index in [1.807, 2.05) is 36.4 Å². The molecule has 6 rings (SSSR count). The van der Waals surface area contributed by atoms with Crippen LogP contribution in [-0.4, -0.2) is 9.97 Å². The maximum absolute atomic E-state index is 6.36. The number of allylic oxidation sites excluding steroid dienone is 2. The average molecular weight is 431 g/mol. The fourth-order valence-corrected chi connectivity index (χ4v) is 4.77. The van der Waals surface area contributed by atoms with Crippen molar-refractivity contribution in [1.29, 1.82) is 0 Å². The molecule has 0 saturated carbocycles. The second kappa shape index (κ2) is 7.74. The van der Waals surface area contributed by atoms with Gasteiger partial charge in [0.25, 0.3) is 0 Å². The van der Waals surface area contributed by atoms with Crippen LogP contribution in [0.4, 0.5) is 0 Å². The van der Waals surface area contributed by atoms with E-state index in [0.29, 0.717) is 0 Å². The molecule has 0 spiro atoms. The first-order chi connectivity index (χ1) is 15.8. The third-order valence-corrected chi connectivity index (χ3v) is 6.21. The van der Waals surface area contributed by atoms with Crippen LogP contribution in [0.25, 0.3) is 50.5 Å². The molecule has 2 nitrogen and oxygen atoms in total. The van der Waals surface area contributed by atoms with Gasteiger partial charge < -0.3 is 0 Å². The summed E-state index contributed by atoms with van der Waals surface area (Å²) in [7, 11) is 0. The predicted molar refractivity (Wildman–Crippen MR) is 135 cm³/mol. The molecule has 0 unspecified atom stereocenters. The minimum atomic E-state index is 0.257. The molecule has 0 aliphatic heterocycles. The molecule has 0 amide bonds. The predicted octanol–water partition coefficient (Wildman–Crippen LogP) is 6.15. The summed E-state index contributed by atoms with van der Waals surface area (Å²) in [4.78, 5) is 9.04. The maximum atomic E-state index is 6.36. The van der Waals surface area contributed by atoms with Gasteiger partial charge in [-0.15, -0.1) is 0 Å². The zero-order valence-electron chi connectivity index (χ0n) is 17.3. The number of fused-ring (bicyclic) bond motifs is 6. The Hall–Kier alpha value is -3.75. The van der Waals surface area contributed by atoms with Crippen molar-refractivity contribution in [3.8, 4) is 11.3 Å². The van der Waals surface area contributed by atoms with E-state index >= 15 is 0 Å². The van der Waals surface area contributed by atoms with Crippen LogP contribution in [0.2, 0.25) is 5.28 Å². The molecular weight excluding hydrogens is 412 g/mol. The molecule has 0 bridgehead atoms. The first kappa shape index (κ1) is 19.0. The monoisotopic (exact) mass is 430 g/mol. The van der Waals surface area contributed by atoms with Crippen LogP contribution in [0.5, 0.6) is 0 Å². The molecule has 0 saturated heterocycles. The van der Waals surface area contributed by atoms with Gasteiger partial charge in [-0.1, -0.05) is 91.0 Å². The lowest BCUT2D eigenvalue weighted by Crippen LogP contribution is -2.26. The molecule has 0 N–H and O–H groups in total. The van der Waals surface area contributed by atoms with Crippen LogP contribution < -0.4 is 10.4 Å². The minimum Gasteiger partial charge on any atom is -0.218 e. The summed E-state index contributed by atoms with van der Waals surface area (Å²) < 4.78 is 0. The number of rotatable bonds is 2. The third-order valence-electron chi connectivity index (χ3n) is 6.04. The highest BCUT2D eigenvalue weighted by Crippen LogP contribution is 2.26. The summed E-state index contributed by atoms with van der Waals surface area (Å²) in [6, 6.07) is 29.4. The Kier molecular flexibility index (Phi) is 4.59. The number of hydrogen-bond acceptors (Lipinski definition) is 2. The van der Waals surface area contributed by atoms with Gasteiger partial charge in [-0.05, 0) is 67.7 Å². The molecule has 4 aromatic carbocycles. The van der Waals surface area contributed by atoms with Crippen LogP contribution in [0.1, 0.15) is 12.1 Å². The molecule has 152 valence electrons. The highest BCUT2D eigenvalue weighted by Gasteiger charge is 2.11. The van der Waals surface area contributed by atoms with Crippen LogP contribution in [0.15, 0.2) is 91.0 Å². The molecule has 0 radical (unpaired) electrons. The second-order valence-electron chi connectivity index (χ2n) is 7.94. The Bertz CT molecular complexity index is 1650. The standard InChI is InChI=1S/C29H19ClN2/c30-29-31-27(19-9-2-1-3-10-19)18-28(32-29)20-11-8-16-25-23-14-5-4-12-21(23)22-13-6-7-15-24(22)26(25)17-20/h1-7,9-18H,8H2. The lowest BCUT2D eigenvalue weighted by molar-refractivity contribution is 1.15. The Labute approximate surface area is 190 Å². The summed E-state index contributed by atoms with van der Waals surface area (Å²) in [5.41, 5.74) is 3.74. The first-order valence-corrected chi connectivity index (χ1v) is 11.1. The highest BCUT2D eigenvalue weighted by atomic mass is 35.5. The summed E-state index contributed by atoms with van der Waals surface area (Å²) >= 11 is 6.36. The SMILES string of the molecule is Clc1nc(C2=CCC=c3c(c4ccccc4c4ccccc34)=C2)cc(-c2ccccc2)n1. The van der Waals surface area contributed by atoms with Gasteiger partial charge in [-0.2, -0.15) is 0 Å². The molecule has 32 heavy (non-hydrogen) atoms. The van der Waals surface area contributed by atoms with Crippen molar-refractivity contribution in [3.63, 3.8) is 0 Å². The van der Waals surface area contributed by atoms with Gasteiger partial charge in [0.15, 0.2) is 0 Å². The van der Waals surface area contributed by atoms with Crippen molar-refractivity contribution in [3.05, 3.63) is 112 Å². The summed E-state index contributed by atoms with van der Waals surface area (Å²) in [6.45, 7) is 0. The smallest absolute Gasteiger partial charge is 0.218 e. The summed E-state index contributed by atoms with van der Waals surface area (Å²) in [6.07, 6.45) is 7.61. The van der Waals surface area contributed by atoms with E-state index in [1.54, 1.807) is 0 Å². The van der Waals surface area contributed by atoms with Crippen LogP contribution in [0.3, 0.4) is 0 Å². The second-order valence-corrected chi connectivity index (χ2v) is 8.27. The lowest BCUT2D eigenvalue weighted by Gasteiger charge is -2.08. The van der Waals surface area contributed by atoms with Crippen LogP contribution in [-0.2, 0) is 0 Å². The molecule has 1 aromatic heterocycles. The molecule has 1 aliphatic rings. The maximum Gasteiger partial charge on any atom is 0.223 e. The number of halogens is 1. The topological polar surface area (TPSA) is 25.8 Å². The number of nitrogens with zero attached hydrogens (tertiary/aromatic N) is 2. The van der Waals surface area contributed by atoms with Crippen molar-refractivity contribution >= 4 is 50.9 Å². The Morgan fingerprint density at radius 2 is 1.19 bits per heavy atom. The normalized spacial score (nSPS) is 13.1. The van der Waals surface area contributed by atoms with Crippen molar-refractivity contribution in [2.24, 2.45) is 0 Å². The zero-order valence-corrected chi connectivity index (χ0v) is 18.1. The van der Waals surface area contributed by atoms with Crippen molar-refractivity contribution in [2.45, 2.75) is 6.42 Å². The van der Waals surface area contributed by atoms with Gasteiger partial charge in [-0.25, -0.2) is 9.97 Å². The Balaban J connectivity index is 1.63. The van der Waals surface area contributed by atoms with Gasteiger partial charge in [0.2, 0.25) is 5.28 Å². The fraction of sp³-hybridized carbons (Fsp3) is 0.0345. The number of aromatic nitrogens is 2. The molecule has 0 fully saturated rings. The molecule has 1 heterocycles. The van der Waals surface area contributed by atoms with Gasteiger partial charge >= 0.3 is 0 Å². The summed E-state index contributed by atoms with van der Waals surface area (Å²) in [5.74, 6) is 0. The van der Waals surface area contributed by atoms with Gasteiger partial charge in [-0.3, -0.25) is 0 Å². The number of benzene rings is 4. The van der Waals surface area contributed by atoms with E-state index in [1.165, 1.54) is 32.0 Å². The van der Waals surface area contributed by atoms with E-state index in [2.05, 4.69) is 76.7 Å². The summed E-state index contributed by atoms with van der Waals surface area (Å²) in [5, 5.41) is 7.82. The van der Waals surface area contributed by atoms with E-state index in [9.17, 15) is 0 Å². The van der Waals surface area contributed by atoms with E-state index in [0.717, 1.165) is 28.9 Å². The molecular formula is C29H19ClN2. The fourth-order valence-electron chi connectivity index (χ4n) is 4.59. The molecule has 3 heteroatoms. The highest BCUT2D eigenvalue weighted by molar-refractivity contribution is 6.28. The lowest BCUT2D eigenvalue weighted by atomic mass is 9.96. The van der Waals surface area contributed by atoms with Crippen molar-refractivity contribution in [1.82, 2.24) is 9.97 Å². The van der Waals surface area contributed by atoms with Crippen LogP contribution in [0, 0.1) is 0 Å². The molecule has 0 atom stereocenters. The third kappa shape index (κ3) is 3.21. The molecule has 5 aromatic rings. The zero-order chi connectivity index (χ0) is 21.5. The largest absolute Gasteiger partial charge is 0.223 e. The van der Waals surface area contributed by atoms with Gasteiger partial charge in [0.1, 0.15) is 0 Å². The quantitative estimate of drug-likeness (QED) is 0.248. The average Bonchev–Trinajstić information content (AvgIpc) is 3.08. The number of hydrogen-bond donors (Lipinski definition) is 0.